The highest BCUT2D eigenvalue weighted by atomic mass is 16.2. The molecule has 3 atom stereocenters. The van der Waals surface area contributed by atoms with Gasteiger partial charge in [0.15, 0.2) is 0 Å². The van der Waals surface area contributed by atoms with Gasteiger partial charge in [0.1, 0.15) is 0 Å². The first-order chi connectivity index (χ1) is 8.56. The Bertz CT molecular complexity index is 253. The van der Waals surface area contributed by atoms with Gasteiger partial charge >= 0.3 is 0 Å². The third-order valence-electron chi connectivity index (χ3n) is 3.76. The van der Waals surface area contributed by atoms with Crippen LogP contribution in [0.2, 0.25) is 0 Å². The number of nitrogens with one attached hydrogen (secondary N) is 2. The summed E-state index contributed by atoms with van der Waals surface area (Å²) in [5.41, 5.74) is 0. The van der Waals surface area contributed by atoms with Gasteiger partial charge in [-0.15, -0.1) is 0 Å². The summed E-state index contributed by atoms with van der Waals surface area (Å²) in [7, 11) is 0. The number of hydrogen-bond donors (Lipinski definition) is 2. The zero-order chi connectivity index (χ0) is 13.5. The summed E-state index contributed by atoms with van der Waals surface area (Å²) in [4.78, 5) is 14.5. The first-order valence-corrected chi connectivity index (χ1v) is 7.30. The summed E-state index contributed by atoms with van der Waals surface area (Å²) in [6.45, 7) is 13.5. The van der Waals surface area contributed by atoms with Gasteiger partial charge in [0.2, 0.25) is 5.91 Å². The maximum Gasteiger partial charge on any atom is 0.224 e. The highest BCUT2D eigenvalue weighted by Crippen LogP contribution is 2.15. The number of carbonyl (C=O) groups excluding carboxylic acids is 1. The minimum Gasteiger partial charge on any atom is -0.352 e. The van der Waals surface area contributed by atoms with Crippen LogP contribution in [0.1, 0.15) is 34.1 Å². The molecule has 2 N–H and O–H groups in total. The molecule has 0 aromatic carbocycles. The average Bonchev–Trinajstić information content (AvgIpc) is 2.35. The lowest BCUT2D eigenvalue weighted by Gasteiger charge is -2.29. The number of carbonyl (C=O) groups is 1. The number of amides is 1. The van der Waals surface area contributed by atoms with Crippen molar-refractivity contribution in [2.24, 2.45) is 11.8 Å². The van der Waals surface area contributed by atoms with Crippen LogP contribution in [0.15, 0.2) is 0 Å². The van der Waals surface area contributed by atoms with Crippen LogP contribution in [-0.4, -0.2) is 49.6 Å². The van der Waals surface area contributed by atoms with Gasteiger partial charge in [0, 0.05) is 19.1 Å². The lowest BCUT2D eigenvalue weighted by atomic mass is 9.91. The zero-order valence-corrected chi connectivity index (χ0v) is 12.3. The Hall–Kier alpha value is -0.610. The molecule has 0 saturated carbocycles. The van der Waals surface area contributed by atoms with Crippen molar-refractivity contribution in [3.05, 3.63) is 0 Å². The van der Waals surface area contributed by atoms with Crippen LogP contribution >= 0.6 is 0 Å². The molecule has 4 heteroatoms. The summed E-state index contributed by atoms with van der Waals surface area (Å²) >= 11 is 0. The Balaban J connectivity index is 2.34. The second-order valence-electron chi connectivity index (χ2n) is 5.59. The van der Waals surface area contributed by atoms with E-state index >= 15 is 0 Å². The fourth-order valence-electron chi connectivity index (χ4n) is 2.63. The Kier molecular flexibility index (Phi) is 6.65. The highest BCUT2D eigenvalue weighted by molar-refractivity contribution is 5.79. The van der Waals surface area contributed by atoms with Crippen molar-refractivity contribution in [2.75, 3.05) is 32.7 Å². The summed E-state index contributed by atoms with van der Waals surface area (Å²) < 4.78 is 0. The maximum atomic E-state index is 12.1. The monoisotopic (exact) mass is 255 g/mol. The molecule has 0 spiro atoms. The van der Waals surface area contributed by atoms with Gasteiger partial charge in [-0.1, -0.05) is 20.8 Å². The molecule has 106 valence electrons. The van der Waals surface area contributed by atoms with Crippen molar-refractivity contribution in [3.63, 3.8) is 0 Å². The van der Waals surface area contributed by atoms with E-state index in [9.17, 15) is 4.79 Å². The topological polar surface area (TPSA) is 44.4 Å². The summed E-state index contributed by atoms with van der Waals surface area (Å²) in [5, 5.41) is 6.48. The first-order valence-electron chi connectivity index (χ1n) is 7.30. The zero-order valence-electron chi connectivity index (χ0n) is 12.3. The van der Waals surface area contributed by atoms with Crippen molar-refractivity contribution in [1.29, 1.82) is 0 Å². The van der Waals surface area contributed by atoms with Gasteiger partial charge in [0.05, 0.1) is 5.92 Å². The van der Waals surface area contributed by atoms with Crippen LogP contribution in [0.3, 0.4) is 0 Å². The van der Waals surface area contributed by atoms with Crippen molar-refractivity contribution in [2.45, 2.75) is 40.2 Å². The predicted molar refractivity (Wildman–Crippen MR) is 75.5 cm³/mol. The molecule has 18 heavy (non-hydrogen) atoms. The third kappa shape index (κ3) is 4.94. The van der Waals surface area contributed by atoms with E-state index in [1.54, 1.807) is 0 Å². The minimum atomic E-state index is 0.146. The molecular formula is C14H29N3O. The predicted octanol–water partition coefficient (Wildman–Crippen LogP) is 1.08. The van der Waals surface area contributed by atoms with Crippen molar-refractivity contribution >= 4 is 5.91 Å². The summed E-state index contributed by atoms with van der Waals surface area (Å²) in [6, 6.07) is 0.231. The van der Waals surface area contributed by atoms with E-state index in [1.807, 2.05) is 0 Å². The number of hydrogen-bond acceptors (Lipinski definition) is 3. The number of likely N-dealkylation sites (N-methyl/N-ethyl adjacent to an activating group) is 1. The molecule has 0 aliphatic carbocycles. The molecule has 1 aliphatic rings. The lowest BCUT2D eigenvalue weighted by molar-refractivity contribution is -0.126. The van der Waals surface area contributed by atoms with E-state index in [1.165, 1.54) is 0 Å². The molecule has 4 nitrogen and oxygen atoms in total. The standard InChI is InChI=1S/C14H29N3O/c1-5-17(6-2)10-12(4)16-14(18)13-7-11(3)8-15-9-13/h11-13,15H,5-10H2,1-4H3,(H,16,18). The molecule has 0 radical (unpaired) electrons. The van der Waals surface area contributed by atoms with E-state index in [0.717, 1.165) is 39.1 Å². The van der Waals surface area contributed by atoms with E-state index in [-0.39, 0.29) is 17.9 Å². The fourth-order valence-corrected chi connectivity index (χ4v) is 2.63. The Labute approximate surface area is 111 Å². The van der Waals surface area contributed by atoms with Crippen molar-refractivity contribution < 1.29 is 4.79 Å². The molecular weight excluding hydrogens is 226 g/mol. The van der Waals surface area contributed by atoms with E-state index in [4.69, 9.17) is 0 Å². The Morgan fingerprint density at radius 3 is 2.61 bits per heavy atom. The number of nitrogens with zero attached hydrogens (tertiary/aromatic N) is 1. The van der Waals surface area contributed by atoms with Gasteiger partial charge in [-0.25, -0.2) is 0 Å². The minimum absolute atomic E-state index is 0.146. The molecule has 1 amide bonds. The van der Waals surface area contributed by atoms with E-state index in [2.05, 4.69) is 43.2 Å². The first kappa shape index (κ1) is 15.4. The van der Waals surface area contributed by atoms with Gasteiger partial charge < -0.3 is 15.5 Å². The molecule has 1 aliphatic heterocycles. The quantitative estimate of drug-likeness (QED) is 0.746. The lowest BCUT2D eigenvalue weighted by Crippen LogP contribution is -2.48. The summed E-state index contributed by atoms with van der Waals surface area (Å²) in [5.74, 6) is 0.967. The van der Waals surface area contributed by atoms with E-state index < -0.39 is 0 Å². The van der Waals surface area contributed by atoms with Gasteiger partial charge in [-0.05, 0) is 38.9 Å². The smallest absolute Gasteiger partial charge is 0.224 e. The summed E-state index contributed by atoms with van der Waals surface area (Å²) in [6.07, 6.45) is 1.01. The molecule has 1 heterocycles. The van der Waals surface area contributed by atoms with Crippen LogP contribution in [0.25, 0.3) is 0 Å². The molecule has 0 bridgehead atoms. The van der Waals surface area contributed by atoms with Crippen LogP contribution in [0.4, 0.5) is 0 Å². The molecule has 1 fully saturated rings. The largest absolute Gasteiger partial charge is 0.352 e. The Morgan fingerprint density at radius 2 is 2.06 bits per heavy atom. The molecule has 1 rings (SSSR count). The average molecular weight is 255 g/mol. The van der Waals surface area contributed by atoms with Crippen molar-refractivity contribution in [3.8, 4) is 0 Å². The normalized spacial score (nSPS) is 26.1. The maximum absolute atomic E-state index is 12.1. The molecule has 0 aromatic rings. The van der Waals surface area contributed by atoms with Crippen molar-refractivity contribution in [1.82, 2.24) is 15.5 Å². The van der Waals surface area contributed by atoms with Gasteiger partial charge in [-0.2, -0.15) is 0 Å². The van der Waals surface area contributed by atoms with Crippen LogP contribution < -0.4 is 10.6 Å². The molecule has 0 aromatic heterocycles. The van der Waals surface area contributed by atoms with Gasteiger partial charge in [0.25, 0.3) is 0 Å². The Morgan fingerprint density at radius 1 is 1.39 bits per heavy atom. The number of piperidine rings is 1. The highest BCUT2D eigenvalue weighted by Gasteiger charge is 2.25. The van der Waals surface area contributed by atoms with E-state index in [0.29, 0.717) is 5.92 Å². The van der Waals surface area contributed by atoms with Crippen LogP contribution in [0, 0.1) is 11.8 Å². The fraction of sp³-hybridized carbons (Fsp3) is 0.929. The molecule has 3 unspecified atom stereocenters. The van der Waals surface area contributed by atoms with Crippen LogP contribution in [-0.2, 0) is 4.79 Å². The van der Waals surface area contributed by atoms with Gasteiger partial charge in [-0.3, -0.25) is 4.79 Å². The number of rotatable bonds is 6. The van der Waals surface area contributed by atoms with Crippen LogP contribution in [0.5, 0.6) is 0 Å². The second kappa shape index (κ2) is 7.74. The second-order valence-corrected chi connectivity index (χ2v) is 5.59. The third-order valence-corrected chi connectivity index (χ3v) is 3.76. The molecule has 1 saturated heterocycles. The SMILES string of the molecule is CCN(CC)CC(C)NC(=O)C1CNCC(C)C1.